The van der Waals surface area contributed by atoms with Crippen LogP contribution >= 0.6 is 0 Å². The van der Waals surface area contributed by atoms with Gasteiger partial charge in [-0.05, 0) is 23.8 Å². The van der Waals surface area contributed by atoms with E-state index in [1.165, 1.54) is 0 Å². The van der Waals surface area contributed by atoms with Gasteiger partial charge in [0.15, 0.2) is 0 Å². The lowest BCUT2D eigenvalue weighted by molar-refractivity contribution is -0.128. The lowest BCUT2D eigenvalue weighted by Crippen LogP contribution is -2.52. The number of carbonyl (C=O) groups excluding carboxylic acids is 2. The van der Waals surface area contributed by atoms with E-state index in [1.807, 2.05) is 12.2 Å². The molecule has 5 aliphatic rings. The third-order valence-corrected chi connectivity index (χ3v) is 4.57. The molecule has 1 saturated heterocycles. The Bertz CT molecular complexity index is 481. The summed E-state index contributed by atoms with van der Waals surface area (Å²) in [4.78, 5) is 23.4. The lowest BCUT2D eigenvalue weighted by Gasteiger charge is -2.52. The summed E-state index contributed by atoms with van der Waals surface area (Å²) in [5.41, 5.74) is 0. The van der Waals surface area contributed by atoms with E-state index in [1.54, 1.807) is 6.08 Å². The van der Waals surface area contributed by atoms with Crippen molar-refractivity contribution in [2.45, 2.75) is 0 Å². The largest absolute Gasteiger partial charge is 0.296 e. The third-order valence-electron chi connectivity index (χ3n) is 4.57. The predicted octanol–water partition coefficient (Wildman–Crippen LogP) is 0.790. The SMILES string of the molecule is O=C1NC(=O)[C@@H]2[C@H]3C=C[C@H]([C@H]4C=C(F)[C@H]43)[C@@H]12. The summed E-state index contributed by atoms with van der Waals surface area (Å²) < 4.78 is 13.4. The van der Waals surface area contributed by atoms with Crippen LogP contribution in [0.4, 0.5) is 4.39 Å². The van der Waals surface area contributed by atoms with Crippen LogP contribution in [-0.2, 0) is 9.59 Å². The van der Waals surface area contributed by atoms with E-state index >= 15 is 0 Å². The highest BCUT2D eigenvalue weighted by molar-refractivity contribution is 6.06. The molecule has 5 rings (SSSR count). The summed E-state index contributed by atoms with van der Waals surface area (Å²) in [5, 5.41) is 2.38. The monoisotopic (exact) mass is 219 g/mol. The molecule has 0 aromatic rings. The molecule has 1 N–H and O–H groups in total. The standard InChI is InChI=1S/C12H10FNO2/c13-7-3-6-4-1-2-5(8(6)7)10-9(4)11(15)14-12(10)16/h1-6,8-10H,(H,14,15,16)/t4-,5+,6-,8+,9-,10-/m1/s1. The number of hydrogen-bond acceptors (Lipinski definition) is 2. The molecule has 0 radical (unpaired) electrons. The number of rotatable bonds is 0. The second-order valence-corrected chi connectivity index (χ2v) is 5.10. The van der Waals surface area contributed by atoms with Crippen molar-refractivity contribution >= 4 is 11.8 Å². The molecule has 2 bridgehead atoms. The zero-order chi connectivity index (χ0) is 11.0. The number of hydrogen-bond donors (Lipinski definition) is 1. The van der Waals surface area contributed by atoms with Crippen molar-refractivity contribution in [3.05, 3.63) is 24.1 Å². The maximum atomic E-state index is 13.4. The van der Waals surface area contributed by atoms with Gasteiger partial charge in [-0.15, -0.1) is 0 Å². The molecule has 82 valence electrons. The molecule has 3 nitrogen and oxygen atoms in total. The number of nitrogens with one attached hydrogen (secondary N) is 1. The summed E-state index contributed by atoms with van der Waals surface area (Å²) in [5.74, 6) is -1.18. The molecule has 6 atom stereocenters. The van der Waals surface area contributed by atoms with Crippen molar-refractivity contribution < 1.29 is 14.0 Å². The van der Waals surface area contributed by atoms with Crippen LogP contribution < -0.4 is 5.32 Å². The van der Waals surface area contributed by atoms with Gasteiger partial charge in [-0.1, -0.05) is 12.2 Å². The molecule has 4 aliphatic carbocycles. The predicted molar refractivity (Wildman–Crippen MR) is 52.4 cm³/mol. The van der Waals surface area contributed by atoms with E-state index in [9.17, 15) is 14.0 Å². The maximum Gasteiger partial charge on any atom is 0.231 e. The highest BCUT2D eigenvalue weighted by atomic mass is 19.1. The van der Waals surface area contributed by atoms with E-state index < -0.39 is 0 Å². The Morgan fingerprint density at radius 3 is 2.25 bits per heavy atom. The molecule has 16 heavy (non-hydrogen) atoms. The van der Waals surface area contributed by atoms with E-state index in [-0.39, 0.29) is 53.1 Å². The zero-order valence-corrected chi connectivity index (χ0v) is 8.39. The Morgan fingerprint density at radius 2 is 1.56 bits per heavy atom. The third kappa shape index (κ3) is 0.740. The van der Waals surface area contributed by atoms with Crippen LogP contribution in [-0.4, -0.2) is 11.8 Å². The van der Waals surface area contributed by atoms with Crippen LogP contribution in [0.25, 0.3) is 0 Å². The summed E-state index contributed by atoms with van der Waals surface area (Å²) in [6, 6.07) is 0. The highest BCUT2D eigenvalue weighted by Crippen LogP contribution is 2.60. The number of imide groups is 1. The highest BCUT2D eigenvalue weighted by Gasteiger charge is 2.62. The molecule has 4 heteroatoms. The second kappa shape index (κ2) is 2.44. The Morgan fingerprint density at radius 1 is 0.938 bits per heavy atom. The van der Waals surface area contributed by atoms with Gasteiger partial charge in [0, 0.05) is 5.92 Å². The van der Waals surface area contributed by atoms with Gasteiger partial charge in [-0.3, -0.25) is 14.9 Å². The summed E-state index contributed by atoms with van der Waals surface area (Å²) in [6.07, 6.45) is 5.53. The quantitative estimate of drug-likeness (QED) is 0.483. The zero-order valence-electron chi connectivity index (χ0n) is 8.39. The Labute approximate surface area is 91.4 Å². The normalized spacial score (nSPS) is 51.7. The fourth-order valence-electron chi connectivity index (χ4n) is 3.90. The smallest absolute Gasteiger partial charge is 0.231 e. The topological polar surface area (TPSA) is 46.2 Å². The Kier molecular flexibility index (Phi) is 1.32. The first-order chi connectivity index (χ1) is 7.68. The molecule has 2 amide bonds. The van der Waals surface area contributed by atoms with E-state index in [2.05, 4.69) is 5.32 Å². The van der Waals surface area contributed by atoms with Crippen molar-refractivity contribution in [3.63, 3.8) is 0 Å². The first-order valence-electron chi connectivity index (χ1n) is 5.59. The molecule has 0 aromatic carbocycles. The molecule has 0 aromatic heterocycles. The minimum atomic E-state index is -0.330. The fourth-order valence-corrected chi connectivity index (χ4v) is 3.90. The number of amides is 2. The second-order valence-electron chi connectivity index (χ2n) is 5.10. The summed E-state index contributed by atoms with van der Waals surface area (Å²) in [6.45, 7) is 0. The number of carbonyl (C=O) groups is 2. The summed E-state index contributed by atoms with van der Waals surface area (Å²) in [7, 11) is 0. The van der Waals surface area contributed by atoms with Crippen molar-refractivity contribution in [2.24, 2.45) is 35.5 Å². The van der Waals surface area contributed by atoms with Crippen molar-refractivity contribution in [3.8, 4) is 0 Å². The van der Waals surface area contributed by atoms with Crippen molar-refractivity contribution in [1.29, 1.82) is 0 Å². The van der Waals surface area contributed by atoms with Crippen LogP contribution in [0, 0.1) is 35.5 Å². The first-order valence-corrected chi connectivity index (χ1v) is 5.59. The van der Waals surface area contributed by atoms with Gasteiger partial charge in [-0.25, -0.2) is 4.39 Å². The van der Waals surface area contributed by atoms with Crippen molar-refractivity contribution in [1.82, 2.24) is 5.32 Å². The van der Waals surface area contributed by atoms with Gasteiger partial charge in [0.25, 0.3) is 0 Å². The van der Waals surface area contributed by atoms with Crippen molar-refractivity contribution in [2.75, 3.05) is 0 Å². The molecule has 0 unspecified atom stereocenters. The van der Waals surface area contributed by atoms with Gasteiger partial charge in [0.05, 0.1) is 11.8 Å². The molecule has 2 fully saturated rings. The minimum Gasteiger partial charge on any atom is -0.296 e. The van der Waals surface area contributed by atoms with Gasteiger partial charge in [-0.2, -0.15) is 0 Å². The van der Waals surface area contributed by atoms with Gasteiger partial charge in [0.2, 0.25) is 11.8 Å². The molecular formula is C12H10FNO2. The van der Waals surface area contributed by atoms with Crippen LogP contribution in [0.15, 0.2) is 24.1 Å². The summed E-state index contributed by atoms with van der Waals surface area (Å²) >= 11 is 0. The Hall–Kier alpha value is -1.45. The van der Waals surface area contributed by atoms with Gasteiger partial charge < -0.3 is 0 Å². The van der Waals surface area contributed by atoms with E-state index in [0.29, 0.717) is 0 Å². The average Bonchev–Trinajstić information content (AvgIpc) is 2.54. The minimum absolute atomic E-state index is 0.0194. The maximum absolute atomic E-state index is 13.4. The Balaban J connectivity index is 1.86. The molecule has 1 saturated carbocycles. The van der Waals surface area contributed by atoms with Crippen LogP contribution in [0.1, 0.15) is 0 Å². The van der Waals surface area contributed by atoms with Gasteiger partial charge >= 0.3 is 0 Å². The molecule has 0 spiro atoms. The lowest BCUT2D eigenvalue weighted by atomic mass is 9.50. The molecule has 1 aliphatic heterocycles. The van der Waals surface area contributed by atoms with Crippen LogP contribution in [0.2, 0.25) is 0 Å². The number of allylic oxidation sites excluding steroid dienone is 4. The van der Waals surface area contributed by atoms with Gasteiger partial charge in [0.1, 0.15) is 5.83 Å². The number of halogens is 1. The fraction of sp³-hybridized carbons (Fsp3) is 0.500. The molecule has 1 heterocycles. The van der Waals surface area contributed by atoms with Crippen LogP contribution in [0.3, 0.4) is 0 Å². The molecular weight excluding hydrogens is 209 g/mol. The van der Waals surface area contributed by atoms with E-state index in [0.717, 1.165) is 0 Å². The first kappa shape index (κ1) is 8.67. The van der Waals surface area contributed by atoms with E-state index in [4.69, 9.17) is 0 Å². The average molecular weight is 219 g/mol. The van der Waals surface area contributed by atoms with Crippen LogP contribution in [0.5, 0.6) is 0 Å².